The van der Waals surface area contributed by atoms with E-state index in [2.05, 4.69) is 22.7 Å². The molecule has 0 saturated heterocycles. The molecule has 1 heterocycles. The van der Waals surface area contributed by atoms with E-state index in [9.17, 15) is 4.39 Å². The standard InChI is InChI=1S/C21H21FN2O/c1-3-21-18(14-23-25-15-17-7-5-4-6-8-17)13-16(2)24(21)20-11-9-19(22)10-12-20/h4-14H,3,15H2,1-2H3/b23-14+. The van der Waals surface area contributed by atoms with E-state index in [0.717, 1.165) is 34.6 Å². The summed E-state index contributed by atoms with van der Waals surface area (Å²) in [4.78, 5) is 5.40. The van der Waals surface area contributed by atoms with Crippen LogP contribution in [0.4, 0.5) is 4.39 Å². The Labute approximate surface area is 147 Å². The highest BCUT2D eigenvalue weighted by Crippen LogP contribution is 2.21. The van der Waals surface area contributed by atoms with Gasteiger partial charge in [0.2, 0.25) is 0 Å². The highest BCUT2D eigenvalue weighted by molar-refractivity contribution is 5.82. The van der Waals surface area contributed by atoms with Gasteiger partial charge in [0.1, 0.15) is 12.4 Å². The maximum absolute atomic E-state index is 13.2. The Balaban J connectivity index is 1.79. The molecular formula is C21H21FN2O. The normalized spacial score (nSPS) is 11.2. The lowest BCUT2D eigenvalue weighted by Crippen LogP contribution is -2.02. The molecule has 0 radical (unpaired) electrons. The Bertz CT molecular complexity index is 852. The van der Waals surface area contributed by atoms with E-state index in [1.54, 1.807) is 18.3 Å². The fourth-order valence-electron chi connectivity index (χ4n) is 2.92. The van der Waals surface area contributed by atoms with Crippen molar-refractivity contribution >= 4 is 6.21 Å². The van der Waals surface area contributed by atoms with Gasteiger partial charge in [-0.05, 0) is 49.2 Å². The zero-order valence-electron chi connectivity index (χ0n) is 14.4. The maximum Gasteiger partial charge on any atom is 0.142 e. The van der Waals surface area contributed by atoms with Crippen LogP contribution in [-0.2, 0) is 17.9 Å². The molecule has 128 valence electrons. The molecule has 0 aliphatic rings. The third-order valence-corrected chi connectivity index (χ3v) is 4.08. The molecule has 4 heteroatoms. The van der Waals surface area contributed by atoms with Crippen LogP contribution in [0, 0.1) is 12.7 Å². The maximum atomic E-state index is 13.2. The summed E-state index contributed by atoms with van der Waals surface area (Å²) in [5, 5.41) is 4.11. The van der Waals surface area contributed by atoms with Gasteiger partial charge < -0.3 is 9.40 Å². The van der Waals surface area contributed by atoms with E-state index in [4.69, 9.17) is 4.84 Å². The Morgan fingerprint density at radius 3 is 2.48 bits per heavy atom. The predicted molar refractivity (Wildman–Crippen MR) is 98.7 cm³/mol. The zero-order chi connectivity index (χ0) is 17.6. The second-order valence-electron chi connectivity index (χ2n) is 5.85. The first kappa shape index (κ1) is 17.0. The molecule has 0 aliphatic carbocycles. The van der Waals surface area contributed by atoms with Crippen LogP contribution in [0.2, 0.25) is 0 Å². The summed E-state index contributed by atoms with van der Waals surface area (Å²) in [5.41, 5.74) is 5.23. The minimum Gasteiger partial charge on any atom is -0.391 e. The van der Waals surface area contributed by atoms with Crippen molar-refractivity contribution in [2.24, 2.45) is 5.16 Å². The third kappa shape index (κ3) is 3.97. The molecule has 0 N–H and O–H groups in total. The first-order valence-electron chi connectivity index (χ1n) is 8.35. The molecular weight excluding hydrogens is 315 g/mol. The van der Waals surface area contributed by atoms with Gasteiger partial charge in [-0.2, -0.15) is 0 Å². The van der Waals surface area contributed by atoms with E-state index in [0.29, 0.717) is 6.61 Å². The number of nitrogens with zero attached hydrogens (tertiary/aromatic N) is 2. The van der Waals surface area contributed by atoms with Gasteiger partial charge in [0.05, 0.1) is 6.21 Å². The highest BCUT2D eigenvalue weighted by Gasteiger charge is 2.11. The monoisotopic (exact) mass is 336 g/mol. The van der Waals surface area contributed by atoms with Gasteiger partial charge in [-0.1, -0.05) is 42.4 Å². The highest BCUT2D eigenvalue weighted by atomic mass is 19.1. The van der Waals surface area contributed by atoms with Crippen LogP contribution in [0.1, 0.15) is 29.4 Å². The number of hydrogen-bond acceptors (Lipinski definition) is 2. The van der Waals surface area contributed by atoms with Gasteiger partial charge in [-0.15, -0.1) is 0 Å². The summed E-state index contributed by atoms with van der Waals surface area (Å²) in [6.07, 6.45) is 2.58. The van der Waals surface area contributed by atoms with Gasteiger partial charge in [0, 0.05) is 22.6 Å². The average molecular weight is 336 g/mol. The zero-order valence-corrected chi connectivity index (χ0v) is 14.4. The quantitative estimate of drug-likeness (QED) is 0.458. The van der Waals surface area contributed by atoms with E-state index in [1.807, 2.05) is 37.3 Å². The number of benzene rings is 2. The van der Waals surface area contributed by atoms with E-state index < -0.39 is 0 Å². The molecule has 0 aliphatic heterocycles. The molecule has 0 spiro atoms. The molecule has 1 aromatic heterocycles. The Morgan fingerprint density at radius 1 is 1.08 bits per heavy atom. The fraction of sp³-hybridized carbons (Fsp3) is 0.190. The summed E-state index contributed by atoms with van der Waals surface area (Å²) < 4.78 is 15.3. The topological polar surface area (TPSA) is 26.5 Å². The minimum absolute atomic E-state index is 0.234. The van der Waals surface area contributed by atoms with Gasteiger partial charge in [-0.25, -0.2) is 4.39 Å². The van der Waals surface area contributed by atoms with Crippen molar-refractivity contribution in [3.63, 3.8) is 0 Å². The summed E-state index contributed by atoms with van der Waals surface area (Å²) in [6, 6.07) is 18.5. The summed E-state index contributed by atoms with van der Waals surface area (Å²) >= 11 is 0. The van der Waals surface area contributed by atoms with Crippen molar-refractivity contribution in [3.05, 3.63) is 89.0 Å². The molecule has 2 aromatic carbocycles. The van der Waals surface area contributed by atoms with Gasteiger partial charge >= 0.3 is 0 Å². The van der Waals surface area contributed by atoms with Gasteiger partial charge in [-0.3, -0.25) is 0 Å². The van der Waals surface area contributed by atoms with Crippen molar-refractivity contribution in [1.29, 1.82) is 0 Å². The summed E-state index contributed by atoms with van der Waals surface area (Å²) in [6.45, 7) is 4.57. The number of aromatic nitrogens is 1. The van der Waals surface area contributed by atoms with Crippen molar-refractivity contribution in [1.82, 2.24) is 4.57 Å². The number of halogens is 1. The van der Waals surface area contributed by atoms with Crippen LogP contribution in [0.15, 0.2) is 65.8 Å². The smallest absolute Gasteiger partial charge is 0.142 e. The molecule has 0 atom stereocenters. The molecule has 25 heavy (non-hydrogen) atoms. The molecule has 0 amide bonds. The lowest BCUT2D eigenvalue weighted by molar-refractivity contribution is 0.132. The van der Waals surface area contributed by atoms with Crippen LogP contribution in [0.25, 0.3) is 5.69 Å². The van der Waals surface area contributed by atoms with Crippen LogP contribution >= 0.6 is 0 Å². The third-order valence-electron chi connectivity index (χ3n) is 4.08. The van der Waals surface area contributed by atoms with E-state index in [-0.39, 0.29) is 5.82 Å². The molecule has 3 aromatic rings. The van der Waals surface area contributed by atoms with Crippen LogP contribution in [0.5, 0.6) is 0 Å². The van der Waals surface area contributed by atoms with Crippen molar-refractivity contribution in [2.45, 2.75) is 26.9 Å². The van der Waals surface area contributed by atoms with Gasteiger partial charge in [0.15, 0.2) is 0 Å². The molecule has 0 saturated carbocycles. The summed E-state index contributed by atoms with van der Waals surface area (Å²) in [5.74, 6) is -0.234. The predicted octanol–water partition coefficient (Wildman–Crippen LogP) is 5.04. The number of oxime groups is 1. The molecule has 3 rings (SSSR count). The van der Waals surface area contributed by atoms with E-state index >= 15 is 0 Å². The SMILES string of the molecule is CCc1c(/C=N/OCc2ccccc2)cc(C)n1-c1ccc(F)cc1. The number of aryl methyl sites for hydroxylation is 1. The summed E-state index contributed by atoms with van der Waals surface area (Å²) in [7, 11) is 0. The van der Waals surface area contributed by atoms with Crippen molar-refractivity contribution < 1.29 is 9.23 Å². The van der Waals surface area contributed by atoms with Crippen LogP contribution in [0.3, 0.4) is 0 Å². The van der Waals surface area contributed by atoms with Crippen molar-refractivity contribution in [2.75, 3.05) is 0 Å². The lowest BCUT2D eigenvalue weighted by Gasteiger charge is -2.11. The van der Waals surface area contributed by atoms with Crippen molar-refractivity contribution in [3.8, 4) is 5.69 Å². The Morgan fingerprint density at radius 2 is 1.80 bits per heavy atom. The largest absolute Gasteiger partial charge is 0.391 e. The molecule has 0 unspecified atom stereocenters. The Hall–Kier alpha value is -2.88. The first-order chi connectivity index (χ1) is 12.2. The molecule has 3 nitrogen and oxygen atoms in total. The fourth-order valence-corrected chi connectivity index (χ4v) is 2.92. The average Bonchev–Trinajstić information content (AvgIpc) is 2.96. The number of hydrogen-bond donors (Lipinski definition) is 0. The number of rotatable bonds is 6. The lowest BCUT2D eigenvalue weighted by atomic mass is 10.2. The van der Waals surface area contributed by atoms with Crippen LogP contribution < -0.4 is 0 Å². The first-order valence-corrected chi connectivity index (χ1v) is 8.35. The Kier molecular flexibility index (Phi) is 5.29. The molecule has 0 fully saturated rings. The van der Waals surface area contributed by atoms with Gasteiger partial charge in [0.25, 0.3) is 0 Å². The molecule has 0 bridgehead atoms. The second kappa shape index (κ2) is 7.79. The second-order valence-corrected chi connectivity index (χ2v) is 5.85. The van der Waals surface area contributed by atoms with E-state index in [1.165, 1.54) is 12.1 Å². The van der Waals surface area contributed by atoms with Crippen LogP contribution in [-0.4, -0.2) is 10.8 Å². The minimum atomic E-state index is -0.234.